The fourth-order valence-electron chi connectivity index (χ4n) is 8.40. The smallest absolute Gasteiger partial charge is 0.333 e. The molecule has 20 atom stereocenters. The Kier molecular flexibility index (Phi) is 26.9. The Morgan fingerprint density at radius 3 is 1.88 bits per heavy atom. The number of hydrogen-bond acceptors (Lipinski definition) is 21. The molecule has 3 amide bonds. The molecule has 3 rings (SSSR count). The highest BCUT2D eigenvalue weighted by Gasteiger charge is 2.54. The number of fused-ring (bicyclic) bond motifs is 2. The van der Waals surface area contributed by atoms with Gasteiger partial charge in [-0.3, -0.25) is 15.0 Å². The number of rotatable bonds is 5. The topological polar surface area (TPSA) is 413 Å². The van der Waals surface area contributed by atoms with Crippen LogP contribution in [0.2, 0.25) is 0 Å². The monoisotopic (exact) mass is 1060 g/mol. The normalized spacial score (nSPS) is 42.7. The largest absolute Gasteiger partial charge is 0.462 e. The van der Waals surface area contributed by atoms with Gasteiger partial charge in [-0.2, -0.15) is 0 Å². The molecule has 3 heterocycles. The van der Waals surface area contributed by atoms with Crippen LogP contribution in [0.3, 0.4) is 0 Å². The van der Waals surface area contributed by atoms with Gasteiger partial charge in [0.2, 0.25) is 0 Å². The molecule has 2 bridgehead atoms. The third-order valence-corrected chi connectivity index (χ3v) is 12.9. The van der Waals surface area contributed by atoms with Crippen LogP contribution in [0.4, 0.5) is 4.79 Å². The van der Waals surface area contributed by atoms with Crippen LogP contribution in [0.5, 0.6) is 0 Å². The van der Waals surface area contributed by atoms with E-state index in [1.165, 1.54) is 19.1 Å². The number of aliphatic hydroxyl groups is 13. The Morgan fingerprint density at radius 1 is 0.703 bits per heavy atom. The van der Waals surface area contributed by atoms with Gasteiger partial charge in [-0.05, 0) is 33.1 Å². The number of hydrazine groups is 1. The van der Waals surface area contributed by atoms with E-state index in [4.69, 9.17) is 29.8 Å². The maximum absolute atomic E-state index is 13.1. The first-order chi connectivity index (χ1) is 34.8. The third-order valence-electron chi connectivity index (χ3n) is 12.9. The summed E-state index contributed by atoms with van der Waals surface area (Å²) in [6, 6.07) is -4.17. The van der Waals surface area contributed by atoms with E-state index in [1.54, 1.807) is 86.8 Å². The number of urea groups is 1. The minimum atomic E-state index is -2.88. The Hall–Kier alpha value is -4.29. The summed E-state index contributed by atoms with van der Waals surface area (Å²) in [6.45, 7) is 5.54. The van der Waals surface area contributed by atoms with E-state index in [1.807, 2.05) is 17.8 Å². The minimum absolute atomic E-state index is 0.157. The van der Waals surface area contributed by atoms with Crippen molar-refractivity contribution in [2.75, 3.05) is 6.61 Å². The van der Waals surface area contributed by atoms with Crippen LogP contribution in [0.1, 0.15) is 79.1 Å². The standard InChI is InChI=1S/C50H80N4O20/c1-28-17-15-13-11-9-7-5-6-8-10-12-14-16-18-35(73-50(70)46(66)42(51)45(65)31(4)72-50)24-40-43(52-48(68)54-53-47(67)39(62)27-55)38(61)26-49(69,74-40)25-34(58)22-37(60)36(59)20-19-32(56)21-33(57)23-41(63)71-30(3)29(2)44(28)64/h5-18,28-40,42-46,55-62,64-66,69-70H,19-27,51H2,1-4H3,(H,53,67)(H2,52,54,68)/b6-5+,9-7+,10-8+,13-11+,14-12+,17-15+,18-16+/t28-,29-,30-,31+,32+,33+,34-,35-,36+,37+,38-,39+,40-,42-,43+,44+,45+,46-,49+,50+/m0/s1. The second kappa shape index (κ2) is 31.1. The molecule has 2 saturated heterocycles. The van der Waals surface area contributed by atoms with Gasteiger partial charge in [-0.25, -0.2) is 10.2 Å². The van der Waals surface area contributed by atoms with Crippen LogP contribution < -0.4 is 21.9 Å². The summed E-state index contributed by atoms with van der Waals surface area (Å²) in [5.41, 5.74) is 9.81. The van der Waals surface area contributed by atoms with E-state index in [0.717, 1.165) is 0 Å². The highest BCUT2D eigenvalue weighted by molar-refractivity contribution is 5.84. The van der Waals surface area contributed by atoms with E-state index in [9.17, 15) is 75.7 Å². The molecule has 18 N–H and O–H groups in total. The Bertz CT molecular complexity index is 1950. The zero-order valence-electron chi connectivity index (χ0n) is 42.1. The lowest BCUT2D eigenvalue weighted by Gasteiger charge is -2.48. The number of allylic oxidation sites excluding steroid dienone is 12. The lowest BCUT2D eigenvalue weighted by Crippen LogP contribution is -2.68. The average Bonchev–Trinajstić information content (AvgIpc) is 3.33. The Morgan fingerprint density at radius 2 is 1.28 bits per heavy atom. The number of amides is 3. The van der Waals surface area contributed by atoms with Crippen LogP contribution in [-0.4, -0.2) is 200 Å². The molecular weight excluding hydrogens is 977 g/mol. The van der Waals surface area contributed by atoms with Gasteiger partial charge >= 0.3 is 18.0 Å². The lowest BCUT2D eigenvalue weighted by molar-refractivity contribution is -0.441. The van der Waals surface area contributed by atoms with E-state index in [-0.39, 0.29) is 25.2 Å². The number of nitrogens with two attached hydrogens (primary N) is 1. The molecule has 0 spiro atoms. The summed E-state index contributed by atoms with van der Waals surface area (Å²) in [4.78, 5) is 37.8. The summed E-state index contributed by atoms with van der Waals surface area (Å²) in [5, 5.41) is 142. The third kappa shape index (κ3) is 21.0. The van der Waals surface area contributed by atoms with Crippen LogP contribution in [-0.2, 0) is 28.5 Å². The predicted octanol–water partition coefficient (Wildman–Crippen LogP) is -2.62. The van der Waals surface area contributed by atoms with Crippen LogP contribution in [0.25, 0.3) is 0 Å². The van der Waals surface area contributed by atoms with E-state index >= 15 is 0 Å². The SMILES string of the molecule is C[C@@H]1[C@H](O)[C@@H](C)/C=C/C=C/C=C/C=C/C=C/C=C/C=C/[C@H](O[C@]2(O)O[C@H](C)[C@@H](O)[C@H](N)[C@@H]2O)C[C@@H]2O[C@](O)(C[C@@H](O)C[C@@H](O)[C@H](O)CC[C@@H](O)C[C@@H](O)CC(=O)O[C@H]1C)C[C@H](O)[C@H]2NC(=O)NNC(=O)[C@H](O)CO. The van der Waals surface area contributed by atoms with E-state index < -0.39 is 172 Å². The van der Waals surface area contributed by atoms with Crippen molar-refractivity contribution in [3.05, 3.63) is 85.1 Å². The molecule has 0 aromatic heterocycles. The van der Waals surface area contributed by atoms with Crippen molar-refractivity contribution in [3.8, 4) is 0 Å². The van der Waals surface area contributed by atoms with Gasteiger partial charge in [-0.1, -0.05) is 98.9 Å². The molecule has 0 saturated carbocycles. The van der Waals surface area contributed by atoms with Gasteiger partial charge in [0.05, 0.1) is 92.3 Å². The van der Waals surface area contributed by atoms with E-state index in [0.29, 0.717) is 0 Å². The molecule has 0 aromatic carbocycles. The molecule has 0 aromatic rings. The first kappa shape index (κ1) is 64.0. The van der Waals surface area contributed by atoms with Crippen molar-refractivity contribution in [3.63, 3.8) is 0 Å². The van der Waals surface area contributed by atoms with Crippen LogP contribution in [0, 0.1) is 11.8 Å². The minimum Gasteiger partial charge on any atom is -0.462 e. The van der Waals surface area contributed by atoms with Gasteiger partial charge in [0, 0.05) is 37.5 Å². The molecule has 24 nitrogen and oxygen atoms in total. The molecule has 0 aliphatic carbocycles. The molecule has 0 unspecified atom stereocenters. The fraction of sp³-hybridized carbons (Fsp3) is 0.660. The van der Waals surface area contributed by atoms with Crippen molar-refractivity contribution >= 4 is 17.9 Å². The zero-order chi connectivity index (χ0) is 55.3. The maximum atomic E-state index is 13.1. The second-order valence-electron chi connectivity index (χ2n) is 19.2. The molecule has 24 heteroatoms. The van der Waals surface area contributed by atoms with Gasteiger partial charge < -0.3 is 96.4 Å². The molecule has 74 heavy (non-hydrogen) atoms. The number of esters is 1. The number of hydrogen-bond donors (Lipinski definition) is 17. The van der Waals surface area contributed by atoms with Crippen LogP contribution >= 0.6 is 0 Å². The number of carbonyl (C=O) groups is 3. The molecule has 3 aliphatic heterocycles. The Labute approximate surface area is 430 Å². The Balaban J connectivity index is 1.97. The van der Waals surface area contributed by atoms with Gasteiger partial charge in [0.15, 0.2) is 18.0 Å². The average molecular weight is 1060 g/mol. The van der Waals surface area contributed by atoms with E-state index in [2.05, 4.69) is 5.32 Å². The molecule has 2 fully saturated rings. The summed E-state index contributed by atoms with van der Waals surface area (Å²) in [5.74, 6) is -8.09. The zero-order valence-corrected chi connectivity index (χ0v) is 42.1. The molecule has 0 radical (unpaired) electrons. The summed E-state index contributed by atoms with van der Waals surface area (Å²) >= 11 is 0. The number of carbonyl (C=O) groups excluding carboxylic acids is 3. The number of ether oxygens (including phenoxy) is 4. The lowest BCUT2D eigenvalue weighted by atomic mass is 9.87. The maximum Gasteiger partial charge on any atom is 0.333 e. The number of aliphatic hydroxyl groups excluding tert-OH is 11. The van der Waals surface area contributed by atoms with Gasteiger partial charge in [0.1, 0.15) is 6.10 Å². The highest BCUT2D eigenvalue weighted by atomic mass is 16.8. The van der Waals surface area contributed by atoms with Crippen molar-refractivity contribution < 1.29 is 99.7 Å². The van der Waals surface area contributed by atoms with Crippen LogP contribution in [0.15, 0.2) is 85.1 Å². The highest BCUT2D eigenvalue weighted by Crippen LogP contribution is 2.36. The van der Waals surface area contributed by atoms with Crippen molar-refractivity contribution in [2.24, 2.45) is 17.6 Å². The van der Waals surface area contributed by atoms with Crippen molar-refractivity contribution in [1.29, 1.82) is 0 Å². The van der Waals surface area contributed by atoms with Crippen molar-refractivity contribution in [2.45, 2.75) is 188 Å². The first-order valence-corrected chi connectivity index (χ1v) is 24.7. The second-order valence-corrected chi connectivity index (χ2v) is 19.2. The summed E-state index contributed by atoms with van der Waals surface area (Å²) in [7, 11) is 0. The summed E-state index contributed by atoms with van der Waals surface area (Å²) in [6.07, 6.45) is -0.481. The predicted molar refractivity (Wildman–Crippen MR) is 264 cm³/mol. The molecular formula is C50H80N4O20. The number of nitrogens with one attached hydrogen (secondary N) is 3. The molecule has 420 valence electrons. The van der Waals surface area contributed by atoms with Gasteiger partial charge in [0.25, 0.3) is 5.91 Å². The molecule has 3 aliphatic rings. The van der Waals surface area contributed by atoms with Crippen molar-refractivity contribution in [1.82, 2.24) is 16.2 Å². The van der Waals surface area contributed by atoms with Gasteiger partial charge in [-0.15, -0.1) is 0 Å². The fourth-order valence-corrected chi connectivity index (χ4v) is 8.40. The number of cyclic esters (lactones) is 1. The summed E-state index contributed by atoms with van der Waals surface area (Å²) < 4.78 is 22.9. The quantitative estimate of drug-likeness (QED) is 0.0761. The first-order valence-electron chi connectivity index (χ1n) is 24.7.